The predicted octanol–water partition coefficient (Wildman–Crippen LogP) is 4.38. The van der Waals surface area contributed by atoms with Gasteiger partial charge in [-0.15, -0.1) is 0 Å². The summed E-state index contributed by atoms with van der Waals surface area (Å²) in [6.45, 7) is 1.96. The molecule has 3 nitrogen and oxygen atoms in total. The van der Waals surface area contributed by atoms with Gasteiger partial charge in [-0.3, -0.25) is 4.79 Å². The normalized spacial score (nSPS) is 12.1. The van der Waals surface area contributed by atoms with Crippen molar-refractivity contribution in [2.45, 2.75) is 13.0 Å². The van der Waals surface area contributed by atoms with E-state index in [4.69, 9.17) is 11.6 Å². The highest BCUT2D eigenvalue weighted by atomic mass is 35.5. The van der Waals surface area contributed by atoms with E-state index in [1.54, 1.807) is 12.1 Å². The van der Waals surface area contributed by atoms with Crippen LogP contribution in [0.1, 0.15) is 28.9 Å². The molecule has 1 unspecified atom stereocenters. The number of amides is 1. The molecule has 1 heterocycles. The minimum atomic E-state index is -0.162. The van der Waals surface area contributed by atoms with E-state index >= 15 is 0 Å². The molecule has 1 atom stereocenters. The second kappa shape index (κ2) is 6.16. The lowest BCUT2D eigenvalue weighted by Gasteiger charge is -2.15. The van der Waals surface area contributed by atoms with E-state index in [0.717, 1.165) is 10.9 Å². The molecule has 0 bridgehead atoms. The van der Waals surface area contributed by atoms with Crippen molar-refractivity contribution in [3.63, 3.8) is 0 Å². The predicted molar refractivity (Wildman–Crippen MR) is 89.1 cm³/mol. The summed E-state index contributed by atoms with van der Waals surface area (Å²) in [5, 5.41) is 5.70. The van der Waals surface area contributed by atoms with Crippen LogP contribution in [0.15, 0.2) is 60.8 Å². The Morgan fingerprint density at radius 3 is 2.59 bits per heavy atom. The summed E-state index contributed by atoms with van der Waals surface area (Å²) in [6, 6.07) is 17.5. The Balaban J connectivity index is 1.79. The maximum Gasteiger partial charge on any atom is 0.253 e. The number of nitrogens with one attached hydrogen (secondary N) is 1. The van der Waals surface area contributed by atoms with Crippen molar-refractivity contribution in [1.29, 1.82) is 0 Å². The molecule has 0 aliphatic carbocycles. The van der Waals surface area contributed by atoms with E-state index in [9.17, 15) is 4.79 Å². The molecule has 0 aliphatic rings. The van der Waals surface area contributed by atoms with Crippen molar-refractivity contribution in [2.75, 3.05) is 0 Å². The molecule has 0 saturated heterocycles. The number of rotatable bonds is 3. The third-order valence-electron chi connectivity index (χ3n) is 3.61. The number of hydrogen-bond acceptors (Lipinski definition) is 2. The molecule has 3 rings (SSSR count). The first-order valence-electron chi connectivity index (χ1n) is 7.04. The number of carbonyl (C=O) groups excluding carboxylic acids is 1. The monoisotopic (exact) mass is 310 g/mol. The van der Waals surface area contributed by atoms with Crippen LogP contribution in [0.25, 0.3) is 10.8 Å². The first-order chi connectivity index (χ1) is 10.6. The highest BCUT2D eigenvalue weighted by Gasteiger charge is 2.12. The third-order valence-corrected chi connectivity index (χ3v) is 3.83. The van der Waals surface area contributed by atoms with Gasteiger partial charge in [0.05, 0.1) is 11.6 Å². The zero-order valence-electron chi connectivity index (χ0n) is 12.1. The standard InChI is InChI=1S/C18H15ClN2O/c1-12(21-18(22)16-8-9-17(19)20-11-16)14-7-6-13-4-2-3-5-15(13)10-14/h2-12H,1H3,(H,21,22). The van der Waals surface area contributed by atoms with Crippen molar-refractivity contribution < 1.29 is 4.79 Å². The van der Waals surface area contributed by atoms with Crippen LogP contribution in [-0.2, 0) is 0 Å². The second-order valence-corrected chi connectivity index (χ2v) is 5.56. The molecule has 4 heteroatoms. The summed E-state index contributed by atoms with van der Waals surface area (Å²) in [5.41, 5.74) is 1.56. The number of aromatic nitrogens is 1. The Kier molecular flexibility index (Phi) is 4.07. The summed E-state index contributed by atoms with van der Waals surface area (Å²) in [7, 11) is 0. The molecule has 0 radical (unpaired) electrons. The fraction of sp³-hybridized carbons (Fsp3) is 0.111. The lowest BCUT2D eigenvalue weighted by atomic mass is 10.0. The van der Waals surface area contributed by atoms with Crippen LogP contribution in [0.2, 0.25) is 5.15 Å². The zero-order valence-corrected chi connectivity index (χ0v) is 12.8. The van der Waals surface area contributed by atoms with Gasteiger partial charge >= 0.3 is 0 Å². The smallest absolute Gasteiger partial charge is 0.253 e. The van der Waals surface area contributed by atoms with Crippen LogP contribution in [-0.4, -0.2) is 10.9 Å². The zero-order chi connectivity index (χ0) is 15.5. The Bertz CT molecular complexity index is 815. The SMILES string of the molecule is CC(NC(=O)c1ccc(Cl)nc1)c1ccc2ccccc2c1. The number of pyridine rings is 1. The maximum absolute atomic E-state index is 12.2. The number of halogens is 1. The van der Waals surface area contributed by atoms with Crippen molar-refractivity contribution in [3.8, 4) is 0 Å². The molecular formula is C18H15ClN2O. The first-order valence-corrected chi connectivity index (χ1v) is 7.42. The van der Waals surface area contributed by atoms with Gasteiger partial charge < -0.3 is 5.32 Å². The largest absolute Gasteiger partial charge is 0.345 e. The fourth-order valence-corrected chi connectivity index (χ4v) is 2.46. The van der Waals surface area contributed by atoms with E-state index in [1.165, 1.54) is 11.6 Å². The minimum Gasteiger partial charge on any atom is -0.345 e. The minimum absolute atomic E-state index is 0.0900. The van der Waals surface area contributed by atoms with Gasteiger partial charge in [-0.05, 0) is 41.5 Å². The van der Waals surface area contributed by atoms with Crippen LogP contribution in [0, 0.1) is 0 Å². The number of hydrogen-bond donors (Lipinski definition) is 1. The van der Waals surface area contributed by atoms with Crippen molar-refractivity contribution in [2.24, 2.45) is 0 Å². The summed E-state index contributed by atoms with van der Waals surface area (Å²) < 4.78 is 0. The maximum atomic E-state index is 12.2. The number of fused-ring (bicyclic) bond motifs is 1. The van der Waals surface area contributed by atoms with Crippen LogP contribution >= 0.6 is 11.6 Å². The molecule has 1 amide bonds. The Hall–Kier alpha value is -2.39. The van der Waals surface area contributed by atoms with Gasteiger partial charge in [-0.1, -0.05) is 48.0 Å². The van der Waals surface area contributed by atoms with E-state index in [0.29, 0.717) is 10.7 Å². The topological polar surface area (TPSA) is 42.0 Å². The Morgan fingerprint density at radius 2 is 1.86 bits per heavy atom. The highest BCUT2D eigenvalue weighted by molar-refractivity contribution is 6.29. The van der Waals surface area contributed by atoms with Gasteiger partial charge in [-0.2, -0.15) is 0 Å². The van der Waals surface area contributed by atoms with E-state index < -0.39 is 0 Å². The van der Waals surface area contributed by atoms with Crippen LogP contribution in [0.3, 0.4) is 0 Å². The van der Waals surface area contributed by atoms with Gasteiger partial charge in [0.15, 0.2) is 0 Å². The molecule has 0 fully saturated rings. The summed E-state index contributed by atoms with van der Waals surface area (Å²) in [6.07, 6.45) is 1.48. The van der Waals surface area contributed by atoms with Gasteiger partial charge in [0.1, 0.15) is 5.15 Å². The number of nitrogens with zero attached hydrogens (tertiary/aromatic N) is 1. The molecule has 0 saturated carbocycles. The first kappa shape index (κ1) is 14.5. The van der Waals surface area contributed by atoms with Crippen molar-refractivity contribution in [3.05, 3.63) is 77.1 Å². The van der Waals surface area contributed by atoms with E-state index in [2.05, 4.69) is 34.6 Å². The van der Waals surface area contributed by atoms with Gasteiger partial charge in [-0.25, -0.2) is 4.98 Å². The summed E-state index contributed by atoms with van der Waals surface area (Å²) in [5.74, 6) is -0.162. The number of carbonyl (C=O) groups is 1. The second-order valence-electron chi connectivity index (χ2n) is 5.17. The average Bonchev–Trinajstić information content (AvgIpc) is 2.55. The average molecular weight is 311 g/mol. The molecule has 0 aliphatic heterocycles. The molecule has 3 aromatic rings. The lowest BCUT2D eigenvalue weighted by molar-refractivity contribution is 0.0939. The van der Waals surface area contributed by atoms with Gasteiger partial charge in [0, 0.05) is 6.20 Å². The van der Waals surface area contributed by atoms with Crippen molar-refractivity contribution >= 4 is 28.3 Å². The Morgan fingerprint density at radius 1 is 1.09 bits per heavy atom. The summed E-state index contributed by atoms with van der Waals surface area (Å²) in [4.78, 5) is 16.1. The molecule has 1 N–H and O–H groups in total. The van der Waals surface area contributed by atoms with E-state index in [1.807, 2.05) is 25.1 Å². The Labute approximate surface area is 133 Å². The lowest BCUT2D eigenvalue weighted by Crippen LogP contribution is -2.26. The van der Waals surface area contributed by atoms with Crippen LogP contribution < -0.4 is 5.32 Å². The van der Waals surface area contributed by atoms with Gasteiger partial charge in [0.2, 0.25) is 0 Å². The third kappa shape index (κ3) is 3.10. The molecule has 0 spiro atoms. The summed E-state index contributed by atoms with van der Waals surface area (Å²) >= 11 is 5.73. The van der Waals surface area contributed by atoms with Crippen molar-refractivity contribution in [1.82, 2.24) is 10.3 Å². The van der Waals surface area contributed by atoms with Crippen LogP contribution in [0.5, 0.6) is 0 Å². The molecule has 110 valence electrons. The molecular weight excluding hydrogens is 296 g/mol. The quantitative estimate of drug-likeness (QED) is 0.729. The van der Waals surface area contributed by atoms with Gasteiger partial charge in [0.25, 0.3) is 5.91 Å². The van der Waals surface area contributed by atoms with E-state index in [-0.39, 0.29) is 11.9 Å². The van der Waals surface area contributed by atoms with Crippen LogP contribution in [0.4, 0.5) is 0 Å². The molecule has 1 aromatic heterocycles. The fourth-order valence-electron chi connectivity index (χ4n) is 2.35. The highest BCUT2D eigenvalue weighted by Crippen LogP contribution is 2.20. The molecule has 2 aromatic carbocycles. The molecule has 22 heavy (non-hydrogen) atoms. The number of benzene rings is 2.